The maximum Gasteiger partial charge on any atom is 0.0934 e. The molecule has 3 heteroatoms. The lowest BCUT2D eigenvalue weighted by Crippen LogP contribution is -1.76. The fourth-order valence-electron chi connectivity index (χ4n) is 0.573. The van der Waals surface area contributed by atoms with Crippen LogP contribution in [0, 0.1) is 0 Å². The molecule has 0 saturated heterocycles. The van der Waals surface area contributed by atoms with Gasteiger partial charge in [-0.05, 0) is 22.6 Å². The highest BCUT2D eigenvalue weighted by Crippen LogP contribution is 2.25. The Labute approximate surface area is 77.6 Å². The number of hydrogen-bond donors (Lipinski definition) is 0. The molecule has 10 heavy (non-hydrogen) atoms. The van der Waals surface area contributed by atoms with Gasteiger partial charge in [0, 0.05) is 5.33 Å². The van der Waals surface area contributed by atoms with Crippen molar-refractivity contribution in [1.29, 1.82) is 0 Å². The van der Waals surface area contributed by atoms with Crippen molar-refractivity contribution < 1.29 is 0 Å². The van der Waals surface area contributed by atoms with Crippen molar-refractivity contribution >= 4 is 44.4 Å². The molecular formula is C7H6BrClS. The van der Waals surface area contributed by atoms with Crippen LogP contribution in [0.5, 0.6) is 0 Å². The van der Waals surface area contributed by atoms with Crippen LogP contribution in [0.25, 0.3) is 5.57 Å². The SMILES string of the molecule is C=C(CBr)c1csc(Cl)c1. The minimum Gasteiger partial charge on any atom is -0.131 e. The first-order chi connectivity index (χ1) is 4.74. The lowest BCUT2D eigenvalue weighted by molar-refractivity contribution is 1.72. The van der Waals surface area contributed by atoms with Crippen LogP contribution in [-0.4, -0.2) is 5.33 Å². The Bertz CT molecular complexity index is 242. The van der Waals surface area contributed by atoms with Crippen LogP contribution in [0.2, 0.25) is 4.34 Å². The number of halogens is 2. The molecule has 0 N–H and O–H groups in total. The molecule has 0 amide bonds. The molecule has 0 saturated carbocycles. The maximum atomic E-state index is 5.72. The van der Waals surface area contributed by atoms with Gasteiger partial charge >= 0.3 is 0 Å². The second kappa shape index (κ2) is 3.56. The van der Waals surface area contributed by atoms with E-state index in [0.717, 1.165) is 20.8 Å². The third-order valence-corrected chi connectivity index (χ3v) is 2.91. The molecule has 0 bridgehead atoms. The number of alkyl halides is 1. The van der Waals surface area contributed by atoms with E-state index in [1.807, 2.05) is 11.4 Å². The summed E-state index contributed by atoms with van der Waals surface area (Å²) in [6.45, 7) is 3.86. The van der Waals surface area contributed by atoms with E-state index in [4.69, 9.17) is 11.6 Å². The summed E-state index contributed by atoms with van der Waals surface area (Å²) in [6, 6.07) is 1.93. The van der Waals surface area contributed by atoms with Gasteiger partial charge in [-0.1, -0.05) is 34.1 Å². The fourth-order valence-corrected chi connectivity index (χ4v) is 1.82. The Morgan fingerprint density at radius 3 is 2.90 bits per heavy atom. The Hall–Kier alpha value is 0.210. The molecule has 0 nitrogen and oxygen atoms in total. The van der Waals surface area contributed by atoms with Crippen LogP contribution >= 0.6 is 38.9 Å². The predicted octanol–water partition coefficient (Wildman–Crippen LogP) is 3.81. The average molecular weight is 238 g/mol. The van der Waals surface area contributed by atoms with E-state index in [2.05, 4.69) is 22.5 Å². The van der Waals surface area contributed by atoms with Crippen LogP contribution in [0.4, 0.5) is 0 Å². The first-order valence-corrected chi connectivity index (χ1v) is 5.10. The second-order valence-corrected chi connectivity index (χ2v) is 3.98. The monoisotopic (exact) mass is 236 g/mol. The summed E-state index contributed by atoms with van der Waals surface area (Å²) in [5.41, 5.74) is 2.20. The van der Waals surface area contributed by atoms with Gasteiger partial charge in [-0.25, -0.2) is 0 Å². The average Bonchev–Trinajstić information content (AvgIpc) is 2.34. The van der Waals surface area contributed by atoms with Gasteiger partial charge in [-0.3, -0.25) is 0 Å². The van der Waals surface area contributed by atoms with Gasteiger partial charge in [0.25, 0.3) is 0 Å². The van der Waals surface area contributed by atoms with E-state index >= 15 is 0 Å². The standard InChI is InChI=1S/C7H6BrClS/c1-5(3-8)6-2-7(9)10-4-6/h2,4H,1,3H2. The normalized spacial score (nSPS) is 9.80. The smallest absolute Gasteiger partial charge is 0.0934 e. The maximum absolute atomic E-state index is 5.72. The summed E-state index contributed by atoms with van der Waals surface area (Å²) >= 11 is 10.6. The Morgan fingerprint density at radius 1 is 1.80 bits per heavy atom. The van der Waals surface area contributed by atoms with E-state index in [1.165, 1.54) is 11.3 Å². The van der Waals surface area contributed by atoms with Gasteiger partial charge in [0.15, 0.2) is 0 Å². The minimum atomic E-state index is 0.806. The van der Waals surface area contributed by atoms with Crippen molar-refractivity contribution in [2.45, 2.75) is 0 Å². The zero-order valence-corrected chi connectivity index (χ0v) is 8.39. The number of rotatable bonds is 2. The Morgan fingerprint density at radius 2 is 2.50 bits per heavy atom. The van der Waals surface area contributed by atoms with Crippen molar-refractivity contribution in [2.24, 2.45) is 0 Å². The molecule has 0 radical (unpaired) electrons. The number of allylic oxidation sites excluding steroid dienone is 1. The lowest BCUT2D eigenvalue weighted by Gasteiger charge is -1.93. The van der Waals surface area contributed by atoms with E-state index in [1.54, 1.807) is 0 Å². The molecule has 0 atom stereocenters. The summed E-state index contributed by atoms with van der Waals surface area (Å²) in [4.78, 5) is 0. The molecule has 0 spiro atoms. The summed E-state index contributed by atoms with van der Waals surface area (Å²) in [5, 5.41) is 2.81. The van der Waals surface area contributed by atoms with Crippen LogP contribution in [0.15, 0.2) is 18.0 Å². The first kappa shape index (κ1) is 8.31. The quantitative estimate of drug-likeness (QED) is 0.686. The zero-order valence-electron chi connectivity index (χ0n) is 5.23. The van der Waals surface area contributed by atoms with Crippen LogP contribution in [-0.2, 0) is 0 Å². The van der Waals surface area contributed by atoms with Gasteiger partial charge in [0.1, 0.15) is 0 Å². The molecule has 0 fully saturated rings. The molecule has 0 aliphatic rings. The Kier molecular flexibility index (Phi) is 2.96. The third-order valence-electron chi connectivity index (χ3n) is 1.14. The first-order valence-electron chi connectivity index (χ1n) is 2.72. The molecule has 0 aliphatic carbocycles. The van der Waals surface area contributed by atoms with Gasteiger partial charge in [-0.2, -0.15) is 0 Å². The second-order valence-electron chi connectivity index (χ2n) is 1.88. The summed E-state index contributed by atoms with van der Waals surface area (Å²) < 4.78 is 0.817. The summed E-state index contributed by atoms with van der Waals surface area (Å²) in [5.74, 6) is 0. The highest BCUT2D eigenvalue weighted by atomic mass is 79.9. The highest BCUT2D eigenvalue weighted by Gasteiger charge is 1.99. The molecule has 1 heterocycles. The lowest BCUT2D eigenvalue weighted by atomic mass is 10.2. The minimum absolute atomic E-state index is 0.806. The van der Waals surface area contributed by atoms with E-state index in [-0.39, 0.29) is 0 Å². The molecular weight excluding hydrogens is 232 g/mol. The third kappa shape index (κ3) is 1.84. The van der Waals surface area contributed by atoms with E-state index in [0.29, 0.717) is 0 Å². The molecule has 0 aromatic carbocycles. The Balaban J connectivity index is 2.85. The molecule has 1 rings (SSSR count). The number of thiophene rings is 1. The summed E-state index contributed by atoms with van der Waals surface area (Å²) in [7, 11) is 0. The van der Waals surface area contributed by atoms with E-state index in [9.17, 15) is 0 Å². The topological polar surface area (TPSA) is 0 Å². The molecule has 1 aromatic heterocycles. The molecule has 0 aliphatic heterocycles. The summed E-state index contributed by atoms with van der Waals surface area (Å²) in [6.07, 6.45) is 0. The van der Waals surface area contributed by atoms with Crippen LogP contribution < -0.4 is 0 Å². The fraction of sp³-hybridized carbons (Fsp3) is 0.143. The molecule has 1 aromatic rings. The van der Waals surface area contributed by atoms with Crippen LogP contribution in [0.1, 0.15) is 5.56 Å². The van der Waals surface area contributed by atoms with Crippen LogP contribution in [0.3, 0.4) is 0 Å². The molecule has 54 valence electrons. The van der Waals surface area contributed by atoms with Crippen molar-refractivity contribution in [1.82, 2.24) is 0 Å². The highest BCUT2D eigenvalue weighted by molar-refractivity contribution is 9.09. The molecule has 0 unspecified atom stereocenters. The van der Waals surface area contributed by atoms with Gasteiger partial charge in [0.2, 0.25) is 0 Å². The van der Waals surface area contributed by atoms with Gasteiger partial charge in [0.05, 0.1) is 4.34 Å². The van der Waals surface area contributed by atoms with Crippen molar-refractivity contribution in [3.05, 3.63) is 27.9 Å². The van der Waals surface area contributed by atoms with E-state index < -0.39 is 0 Å². The van der Waals surface area contributed by atoms with Crippen molar-refractivity contribution in [3.63, 3.8) is 0 Å². The largest absolute Gasteiger partial charge is 0.131 e. The predicted molar refractivity (Wildman–Crippen MR) is 52.2 cm³/mol. The van der Waals surface area contributed by atoms with Gasteiger partial charge in [-0.15, -0.1) is 11.3 Å². The van der Waals surface area contributed by atoms with Gasteiger partial charge < -0.3 is 0 Å². The van der Waals surface area contributed by atoms with Crippen molar-refractivity contribution in [2.75, 3.05) is 5.33 Å². The zero-order chi connectivity index (χ0) is 7.56. The van der Waals surface area contributed by atoms with Crippen molar-refractivity contribution in [3.8, 4) is 0 Å². The number of hydrogen-bond acceptors (Lipinski definition) is 1.